The number of anilines is 2. The summed E-state index contributed by atoms with van der Waals surface area (Å²) < 4.78 is 6.70. The molecule has 30 heavy (non-hydrogen) atoms. The largest absolute Gasteiger partial charge is 0.453 e. The van der Waals surface area contributed by atoms with Crippen LogP contribution in [0, 0.1) is 6.92 Å². The first kappa shape index (κ1) is 19.7. The van der Waals surface area contributed by atoms with Gasteiger partial charge >= 0.3 is 6.09 Å². The zero-order valence-corrected chi connectivity index (χ0v) is 17.6. The van der Waals surface area contributed by atoms with Gasteiger partial charge in [-0.05, 0) is 33.3 Å². The SMILES string of the molecule is CC[C@@H]1c2nncn2-c2c(C)nc(-c3ccncc3NC(=O)OC)nc2N1C(C)C. The summed E-state index contributed by atoms with van der Waals surface area (Å²) >= 11 is 0. The molecule has 0 fully saturated rings. The summed E-state index contributed by atoms with van der Waals surface area (Å²) in [6.45, 7) is 8.33. The molecular weight excluding hydrogens is 384 g/mol. The fraction of sp³-hybridized carbons (Fsp3) is 0.400. The molecule has 0 aromatic carbocycles. The van der Waals surface area contributed by atoms with Gasteiger partial charge in [0, 0.05) is 17.8 Å². The van der Waals surface area contributed by atoms with Crippen molar-refractivity contribution in [3.63, 3.8) is 0 Å². The van der Waals surface area contributed by atoms with Crippen LogP contribution in [0.2, 0.25) is 0 Å². The van der Waals surface area contributed by atoms with Gasteiger partial charge in [0.25, 0.3) is 0 Å². The number of nitrogens with zero attached hydrogens (tertiary/aromatic N) is 7. The maximum absolute atomic E-state index is 11.8. The molecule has 1 N–H and O–H groups in total. The molecular formula is C20H24N8O2. The second kappa shape index (κ2) is 7.69. The fourth-order valence-corrected chi connectivity index (χ4v) is 3.88. The quantitative estimate of drug-likeness (QED) is 0.700. The minimum Gasteiger partial charge on any atom is -0.453 e. The topological polar surface area (TPSA) is 111 Å². The van der Waals surface area contributed by atoms with Crippen molar-refractivity contribution in [1.82, 2.24) is 29.7 Å². The van der Waals surface area contributed by atoms with Gasteiger partial charge in [0.2, 0.25) is 0 Å². The van der Waals surface area contributed by atoms with Crippen molar-refractivity contribution >= 4 is 17.6 Å². The Morgan fingerprint density at radius 3 is 2.83 bits per heavy atom. The summed E-state index contributed by atoms with van der Waals surface area (Å²) in [6.07, 6.45) is 5.18. The van der Waals surface area contributed by atoms with Crippen molar-refractivity contribution < 1.29 is 9.53 Å². The lowest BCUT2D eigenvalue weighted by Crippen LogP contribution is -2.40. The van der Waals surface area contributed by atoms with Crippen LogP contribution in [-0.4, -0.2) is 49.0 Å². The van der Waals surface area contributed by atoms with Crippen molar-refractivity contribution in [3.8, 4) is 17.1 Å². The smallest absolute Gasteiger partial charge is 0.411 e. The lowest BCUT2D eigenvalue weighted by Gasteiger charge is -2.40. The first-order chi connectivity index (χ1) is 14.5. The third kappa shape index (κ3) is 3.14. The van der Waals surface area contributed by atoms with E-state index in [1.807, 2.05) is 11.5 Å². The number of amides is 1. The number of carbonyl (C=O) groups excluding carboxylic acids is 1. The second-order valence-electron chi connectivity index (χ2n) is 7.33. The van der Waals surface area contributed by atoms with E-state index in [4.69, 9.17) is 14.7 Å². The van der Waals surface area contributed by atoms with Gasteiger partial charge in [-0.3, -0.25) is 14.9 Å². The van der Waals surface area contributed by atoms with E-state index in [0.717, 1.165) is 29.4 Å². The maximum Gasteiger partial charge on any atom is 0.411 e. The first-order valence-electron chi connectivity index (χ1n) is 9.82. The normalized spacial score (nSPS) is 15.0. The average molecular weight is 408 g/mol. The molecule has 1 aliphatic heterocycles. The molecule has 1 amide bonds. The Labute approximate surface area is 174 Å². The Morgan fingerprint density at radius 1 is 1.33 bits per heavy atom. The number of hydrogen-bond donors (Lipinski definition) is 1. The van der Waals surface area contributed by atoms with Gasteiger partial charge in [0.05, 0.1) is 30.7 Å². The minimum atomic E-state index is -0.581. The molecule has 0 bridgehead atoms. The highest BCUT2D eigenvalue weighted by Gasteiger charge is 2.36. The van der Waals surface area contributed by atoms with E-state index >= 15 is 0 Å². The highest BCUT2D eigenvalue weighted by Crippen LogP contribution is 2.41. The molecule has 0 aliphatic carbocycles. The second-order valence-corrected chi connectivity index (χ2v) is 7.33. The molecule has 3 aromatic rings. The number of ether oxygens (including phenoxy) is 1. The number of aromatic nitrogens is 6. The molecule has 0 spiro atoms. The molecule has 3 aromatic heterocycles. The summed E-state index contributed by atoms with van der Waals surface area (Å²) in [6, 6.07) is 2.01. The van der Waals surface area contributed by atoms with Crippen LogP contribution in [0.25, 0.3) is 17.1 Å². The van der Waals surface area contributed by atoms with E-state index < -0.39 is 6.09 Å². The van der Waals surface area contributed by atoms with Crippen LogP contribution in [0.5, 0.6) is 0 Å². The lowest BCUT2D eigenvalue weighted by molar-refractivity contribution is 0.187. The summed E-state index contributed by atoms with van der Waals surface area (Å²) in [5, 5.41) is 11.2. The average Bonchev–Trinajstić information content (AvgIpc) is 3.21. The third-order valence-electron chi connectivity index (χ3n) is 5.16. The van der Waals surface area contributed by atoms with E-state index in [1.54, 1.807) is 24.8 Å². The van der Waals surface area contributed by atoms with Crippen molar-refractivity contribution in [2.45, 2.75) is 46.2 Å². The van der Waals surface area contributed by atoms with Crippen LogP contribution < -0.4 is 10.2 Å². The Morgan fingerprint density at radius 2 is 2.13 bits per heavy atom. The number of methoxy groups -OCH3 is 1. The Kier molecular flexibility index (Phi) is 5.06. The zero-order chi connectivity index (χ0) is 21.4. The van der Waals surface area contributed by atoms with Crippen LogP contribution in [0.1, 0.15) is 44.8 Å². The molecule has 156 valence electrons. The van der Waals surface area contributed by atoms with E-state index in [9.17, 15) is 4.79 Å². The van der Waals surface area contributed by atoms with E-state index in [2.05, 4.69) is 46.2 Å². The predicted octanol–water partition coefficient (Wildman–Crippen LogP) is 3.29. The molecule has 10 heteroatoms. The number of fused-ring (bicyclic) bond motifs is 3. The summed E-state index contributed by atoms with van der Waals surface area (Å²) in [7, 11) is 1.31. The first-order valence-corrected chi connectivity index (χ1v) is 9.82. The van der Waals surface area contributed by atoms with Crippen LogP contribution in [0.15, 0.2) is 24.8 Å². The Balaban J connectivity index is 1.92. The van der Waals surface area contributed by atoms with Gasteiger partial charge in [-0.1, -0.05) is 6.92 Å². The molecule has 10 nitrogen and oxygen atoms in total. The highest BCUT2D eigenvalue weighted by atomic mass is 16.5. The van der Waals surface area contributed by atoms with Crippen LogP contribution in [0.3, 0.4) is 0 Å². The Bertz CT molecular complexity index is 1090. The molecule has 1 atom stereocenters. The van der Waals surface area contributed by atoms with Crippen LogP contribution >= 0.6 is 0 Å². The number of rotatable bonds is 4. The molecule has 0 radical (unpaired) electrons. The standard InChI is InChI=1S/C20H24N8O2/c1-6-15-18-26-22-10-27(18)16-12(4)23-17(25-19(16)28(15)11(2)3)13-7-8-21-9-14(13)24-20(29)30-5/h7-11,15H,6H2,1-5H3,(H,24,29)/t15-/m1/s1. The minimum absolute atomic E-state index is 0.0484. The predicted molar refractivity (Wildman–Crippen MR) is 112 cm³/mol. The van der Waals surface area contributed by atoms with E-state index in [0.29, 0.717) is 17.1 Å². The van der Waals surface area contributed by atoms with E-state index in [1.165, 1.54) is 7.11 Å². The lowest BCUT2D eigenvalue weighted by atomic mass is 10.1. The van der Waals surface area contributed by atoms with Gasteiger partial charge in [0.15, 0.2) is 17.5 Å². The van der Waals surface area contributed by atoms with Gasteiger partial charge in [0.1, 0.15) is 12.0 Å². The monoisotopic (exact) mass is 408 g/mol. The summed E-state index contributed by atoms with van der Waals surface area (Å²) in [5.41, 5.74) is 2.80. The summed E-state index contributed by atoms with van der Waals surface area (Å²) in [5.74, 6) is 2.19. The van der Waals surface area contributed by atoms with Gasteiger partial charge in [-0.2, -0.15) is 0 Å². The molecule has 1 aliphatic rings. The number of aryl methyl sites for hydroxylation is 1. The van der Waals surface area contributed by atoms with Crippen LogP contribution in [-0.2, 0) is 4.74 Å². The van der Waals surface area contributed by atoms with E-state index in [-0.39, 0.29) is 12.1 Å². The van der Waals surface area contributed by atoms with Gasteiger partial charge < -0.3 is 9.64 Å². The summed E-state index contributed by atoms with van der Waals surface area (Å²) in [4.78, 5) is 27.8. The number of pyridine rings is 1. The van der Waals surface area contributed by atoms with Crippen molar-refractivity contribution in [2.24, 2.45) is 0 Å². The van der Waals surface area contributed by atoms with Crippen molar-refractivity contribution in [3.05, 3.63) is 36.3 Å². The molecule has 4 heterocycles. The number of carbonyl (C=O) groups is 1. The van der Waals surface area contributed by atoms with Crippen molar-refractivity contribution in [2.75, 3.05) is 17.3 Å². The van der Waals surface area contributed by atoms with Crippen LogP contribution in [0.4, 0.5) is 16.3 Å². The number of hydrogen-bond acceptors (Lipinski definition) is 8. The Hall–Kier alpha value is -3.56. The zero-order valence-electron chi connectivity index (χ0n) is 17.6. The molecule has 0 saturated carbocycles. The van der Waals surface area contributed by atoms with Gasteiger partial charge in [-0.15, -0.1) is 10.2 Å². The van der Waals surface area contributed by atoms with Gasteiger partial charge in [-0.25, -0.2) is 14.8 Å². The maximum atomic E-state index is 11.8. The molecule has 0 unspecified atom stereocenters. The fourth-order valence-electron chi connectivity index (χ4n) is 3.88. The molecule has 0 saturated heterocycles. The van der Waals surface area contributed by atoms with Crippen molar-refractivity contribution in [1.29, 1.82) is 0 Å². The highest BCUT2D eigenvalue weighted by molar-refractivity contribution is 5.90. The third-order valence-corrected chi connectivity index (χ3v) is 5.16. The number of nitrogens with one attached hydrogen (secondary N) is 1. The molecule has 4 rings (SSSR count).